The lowest BCUT2D eigenvalue weighted by atomic mass is 10.3. The third-order valence-electron chi connectivity index (χ3n) is 2.34. The molecule has 0 radical (unpaired) electrons. The molecule has 2 rings (SSSR count). The van der Waals surface area contributed by atoms with Crippen LogP contribution < -0.4 is 5.32 Å². The molecule has 0 aliphatic rings. The highest BCUT2D eigenvalue weighted by Gasteiger charge is 1.99. The number of nitrogens with one attached hydrogen (secondary N) is 1. The lowest BCUT2D eigenvalue weighted by Gasteiger charge is -2.01. The molecule has 2 aromatic heterocycles. The quantitative estimate of drug-likeness (QED) is 0.824. The summed E-state index contributed by atoms with van der Waals surface area (Å²) in [5, 5.41) is 7.58. The monoisotopic (exact) mass is 202 g/mol. The second kappa shape index (κ2) is 4.13. The average molecular weight is 202 g/mol. The maximum Gasteiger partial charge on any atom is 0.148 e. The largest absolute Gasteiger partial charge is 0.365 e. The van der Waals surface area contributed by atoms with Crippen LogP contribution in [0, 0.1) is 6.92 Å². The Hall–Kier alpha value is -1.84. The van der Waals surface area contributed by atoms with Gasteiger partial charge < -0.3 is 5.32 Å². The first-order valence-corrected chi connectivity index (χ1v) is 4.89. The fourth-order valence-electron chi connectivity index (χ4n) is 1.34. The first-order valence-electron chi connectivity index (χ1n) is 4.89. The standard InChI is InChI=1S/C11H14N4/c1-9-7-11(14-15(9)2)13-8-10-3-5-12-6-4-10/h3-7H,8H2,1-2H3,(H,13,14). The molecule has 15 heavy (non-hydrogen) atoms. The summed E-state index contributed by atoms with van der Waals surface area (Å²) in [6.07, 6.45) is 3.58. The molecule has 78 valence electrons. The Balaban J connectivity index is 1.99. The minimum absolute atomic E-state index is 0.777. The van der Waals surface area contributed by atoms with Gasteiger partial charge >= 0.3 is 0 Å². The molecule has 0 saturated carbocycles. The summed E-state index contributed by atoms with van der Waals surface area (Å²) >= 11 is 0. The van der Waals surface area contributed by atoms with Crippen molar-refractivity contribution in [2.45, 2.75) is 13.5 Å². The van der Waals surface area contributed by atoms with Crippen molar-refractivity contribution in [1.29, 1.82) is 0 Å². The Morgan fingerprint density at radius 1 is 1.33 bits per heavy atom. The molecule has 0 amide bonds. The lowest BCUT2D eigenvalue weighted by molar-refractivity contribution is 0.741. The molecule has 0 fully saturated rings. The van der Waals surface area contributed by atoms with Gasteiger partial charge in [0, 0.05) is 37.7 Å². The molecule has 2 aromatic rings. The summed E-state index contributed by atoms with van der Waals surface area (Å²) < 4.78 is 1.86. The maximum absolute atomic E-state index is 4.32. The second-order valence-electron chi connectivity index (χ2n) is 3.50. The van der Waals surface area contributed by atoms with Crippen LogP contribution in [0.25, 0.3) is 0 Å². The number of aryl methyl sites for hydroxylation is 2. The summed E-state index contributed by atoms with van der Waals surface area (Å²) in [4.78, 5) is 3.97. The van der Waals surface area contributed by atoms with Gasteiger partial charge in [-0.05, 0) is 24.6 Å². The van der Waals surface area contributed by atoms with Crippen LogP contribution in [-0.2, 0) is 13.6 Å². The van der Waals surface area contributed by atoms with Crippen LogP contribution in [0.4, 0.5) is 5.82 Å². The van der Waals surface area contributed by atoms with Crippen molar-refractivity contribution in [2.75, 3.05) is 5.32 Å². The van der Waals surface area contributed by atoms with E-state index in [9.17, 15) is 0 Å². The van der Waals surface area contributed by atoms with E-state index in [4.69, 9.17) is 0 Å². The highest BCUT2D eigenvalue weighted by atomic mass is 15.3. The zero-order chi connectivity index (χ0) is 10.7. The molecule has 0 aliphatic heterocycles. The van der Waals surface area contributed by atoms with Gasteiger partial charge in [-0.1, -0.05) is 0 Å². The fourth-order valence-corrected chi connectivity index (χ4v) is 1.34. The van der Waals surface area contributed by atoms with Gasteiger partial charge in [0.1, 0.15) is 5.82 Å². The number of anilines is 1. The van der Waals surface area contributed by atoms with Crippen molar-refractivity contribution in [3.8, 4) is 0 Å². The van der Waals surface area contributed by atoms with Crippen molar-refractivity contribution >= 4 is 5.82 Å². The van der Waals surface area contributed by atoms with Gasteiger partial charge in [0.05, 0.1) is 0 Å². The molecule has 2 heterocycles. The summed E-state index contributed by atoms with van der Waals surface area (Å²) in [5.74, 6) is 0.909. The van der Waals surface area contributed by atoms with Crippen molar-refractivity contribution in [1.82, 2.24) is 14.8 Å². The lowest BCUT2D eigenvalue weighted by Crippen LogP contribution is -2.00. The maximum atomic E-state index is 4.32. The Labute approximate surface area is 89.0 Å². The van der Waals surface area contributed by atoms with E-state index in [1.165, 1.54) is 5.56 Å². The Bertz CT molecular complexity index is 414. The normalized spacial score (nSPS) is 10.3. The summed E-state index contributed by atoms with van der Waals surface area (Å²) in [5.41, 5.74) is 2.35. The molecule has 0 aromatic carbocycles. The molecule has 4 nitrogen and oxygen atoms in total. The van der Waals surface area contributed by atoms with Gasteiger partial charge in [-0.2, -0.15) is 5.10 Å². The molecule has 0 bridgehead atoms. The average Bonchev–Trinajstić information content (AvgIpc) is 2.57. The van der Waals surface area contributed by atoms with E-state index in [2.05, 4.69) is 15.4 Å². The van der Waals surface area contributed by atoms with Gasteiger partial charge in [-0.25, -0.2) is 0 Å². The Kier molecular flexibility index (Phi) is 2.67. The van der Waals surface area contributed by atoms with Crippen molar-refractivity contribution in [2.24, 2.45) is 7.05 Å². The van der Waals surface area contributed by atoms with E-state index in [0.717, 1.165) is 18.1 Å². The first-order chi connectivity index (χ1) is 7.25. The van der Waals surface area contributed by atoms with Crippen molar-refractivity contribution in [3.63, 3.8) is 0 Å². The van der Waals surface area contributed by atoms with E-state index in [-0.39, 0.29) is 0 Å². The number of hydrogen-bond donors (Lipinski definition) is 1. The Morgan fingerprint density at radius 2 is 2.07 bits per heavy atom. The minimum Gasteiger partial charge on any atom is -0.365 e. The highest BCUT2D eigenvalue weighted by Crippen LogP contribution is 2.08. The first kappa shape index (κ1) is 9.71. The molecule has 1 N–H and O–H groups in total. The summed E-state index contributed by atoms with van der Waals surface area (Å²) in [6, 6.07) is 6.01. The van der Waals surface area contributed by atoms with Gasteiger partial charge in [0.2, 0.25) is 0 Å². The molecule has 0 spiro atoms. The van der Waals surface area contributed by atoms with Gasteiger partial charge in [0.25, 0.3) is 0 Å². The zero-order valence-corrected chi connectivity index (χ0v) is 8.94. The third kappa shape index (κ3) is 2.34. The second-order valence-corrected chi connectivity index (χ2v) is 3.50. The van der Waals surface area contributed by atoms with Crippen LogP contribution in [0.5, 0.6) is 0 Å². The van der Waals surface area contributed by atoms with Gasteiger partial charge in [0.15, 0.2) is 0 Å². The summed E-state index contributed by atoms with van der Waals surface area (Å²) in [6.45, 7) is 2.81. The molecular weight excluding hydrogens is 188 g/mol. The molecule has 0 unspecified atom stereocenters. The molecular formula is C11H14N4. The summed E-state index contributed by atoms with van der Waals surface area (Å²) in [7, 11) is 1.94. The van der Waals surface area contributed by atoms with E-state index >= 15 is 0 Å². The van der Waals surface area contributed by atoms with Crippen LogP contribution in [0.3, 0.4) is 0 Å². The smallest absolute Gasteiger partial charge is 0.148 e. The number of pyridine rings is 1. The number of aromatic nitrogens is 3. The number of nitrogens with zero attached hydrogens (tertiary/aromatic N) is 3. The zero-order valence-electron chi connectivity index (χ0n) is 8.94. The number of hydrogen-bond acceptors (Lipinski definition) is 3. The molecule has 0 aliphatic carbocycles. The van der Waals surface area contributed by atoms with Gasteiger partial charge in [-0.3, -0.25) is 9.67 Å². The fraction of sp³-hybridized carbons (Fsp3) is 0.273. The van der Waals surface area contributed by atoms with E-state index < -0.39 is 0 Å². The SMILES string of the molecule is Cc1cc(NCc2ccncc2)nn1C. The molecule has 0 saturated heterocycles. The van der Waals surface area contributed by atoms with Crippen molar-refractivity contribution < 1.29 is 0 Å². The van der Waals surface area contributed by atoms with Crippen LogP contribution >= 0.6 is 0 Å². The van der Waals surface area contributed by atoms with Crippen molar-refractivity contribution in [3.05, 3.63) is 41.9 Å². The Morgan fingerprint density at radius 3 is 2.67 bits per heavy atom. The third-order valence-corrected chi connectivity index (χ3v) is 2.34. The van der Waals surface area contributed by atoms with Crippen LogP contribution in [0.2, 0.25) is 0 Å². The van der Waals surface area contributed by atoms with Crippen LogP contribution in [-0.4, -0.2) is 14.8 Å². The van der Waals surface area contributed by atoms with E-state index in [1.807, 2.05) is 36.9 Å². The highest BCUT2D eigenvalue weighted by molar-refractivity contribution is 5.36. The molecule has 4 heteroatoms. The minimum atomic E-state index is 0.777. The van der Waals surface area contributed by atoms with Crippen LogP contribution in [0.15, 0.2) is 30.6 Å². The predicted molar refractivity (Wildman–Crippen MR) is 59.5 cm³/mol. The number of rotatable bonds is 3. The topological polar surface area (TPSA) is 42.7 Å². The predicted octanol–water partition coefficient (Wildman–Crippen LogP) is 1.74. The van der Waals surface area contributed by atoms with Crippen LogP contribution in [0.1, 0.15) is 11.3 Å². The van der Waals surface area contributed by atoms with E-state index in [0.29, 0.717) is 0 Å². The van der Waals surface area contributed by atoms with Gasteiger partial charge in [-0.15, -0.1) is 0 Å². The van der Waals surface area contributed by atoms with E-state index in [1.54, 1.807) is 12.4 Å². The molecule has 0 atom stereocenters.